The van der Waals surface area contributed by atoms with E-state index in [4.69, 9.17) is 9.84 Å². The second kappa shape index (κ2) is 15.2. The number of amidine groups is 1. The zero-order chi connectivity index (χ0) is 35.2. The van der Waals surface area contributed by atoms with E-state index in [9.17, 15) is 24.0 Å². The molecule has 16 heteroatoms. The van der Waals surface area contributed by atoms with Crippen LogP contribution >= 0.6 is 0 Å². The number of urea groups is 2. The third-order valence-electron chi connectivity index (χ3n) is 8.47. The molecule has 2 saturated heterocycles. The monoisotopic (exact) mass is 674 g/mol. The Bertz CT molecular complexity index is 1410. The van der Waals surface area contributed by atoms with Crippen LogP contribution in [0, 0.1) is 5.82 Å². The van der Waals surface area contributed by atoms with E-state index in [0.717, 1.165) is 25.7 Å². The number of piperazine rings is 1. The Balaban J connectivity index is 1.21. The summed E-state index contributed by atoms with van der Waals surface area (Å²) in [4.78, 5) is 69.9. The Morgan fingerprint density at radius 2 is 1.60 bits per heavy atom. The van der Waals surface area contributed by atoms with E-state index in [1.807, 2.05) is 20.8 Å². The molecule has 0 aromatic heterocycles. The van der Waals surface area contributed by atoms with Crippen molar-refractivity contribution in [2.24, 2.45) is 4.99 Å². The lowest BCUT2D eigenvalue weighted by molar-refractivity contribution is -0.138. The predicted octanol–water partition coefficient (Wildman–Crippen LogP) is 3.38. The summed E-state index contributed by atoms with van der Waals surface area (Å²) in [5.41, 5.74) is -0.998. The second-order valence-corrected chi connectivity index (χ2v) is 13.9. The molecule has 48 heavy (non-hydrogen) atoms. The standard InChI is InChI=1S/C32H47FN8O7/c1-31(2,3)48-30(47)35-22-9-7-21(8-10-22)34-19-20-6-11-23(18-24(20)33)41-13-12-25(37-28(41)44)36-27(43)40-16-14-39(15-17-40)26(42)32(4,5)38-29(45)46/h6,11,18,21-22,34,38H,7-10,12-17,19H2,1-5H3,(H,35,47)(H,45,46)(H,36,37,43,44). The Morgan fingerprint density at radius 3 is 2.19 bits per heavy atom. The SMILES string of the molecule is CC(C)(C)OC(=O)NC1CCC(NCc2ccc(N3CCC(=NC(=O)N4CCN(C(=O)C(C)(C)NC(=O)O)CC4)NC3=O)cc2F)CC1. The number of aliphatic imine (C=N–C) groups is 1. The van der Waals surface area contributed by atoms with Gasteiger partial charge >= 0.3 is 24.2 Å². The van der Waals surface area contributed by atoms with Crippen LogP contribution in [0.4, 0.5) is 29.3 Å². The average molecular weight is 675 g/mol. The van der Waals surface area contributed by atoms with Crippen LogP contribution in [-0.2, 0) is 16.1 Å². The quantitative estimate of drug-likeness (QED) is 0.291. The summed E-state index contributed by atoms with van der Waals surface area (Å²) in [6.45, 7) is 9.79. The van der Waals surface area contributed by atoms with Gasteiger partial charge < -0.3 is 35.6 Å². The van der Waals surface area contributed by atoms with Crippen molar-refractivity contribution in [1.82, 2.24) is 31.1 Å². The van der Waals surface area contributed by atoms with Gasteiger partial charge in [-0.3, -0.25) is 15.0 Å². The van der Waals surface area contributed by atoms with E-state index >= 15 is 4.39 Å². The number of alkyl carbamates (subject to hydrolysis) is 1. The molecule has 2 heterocycles. The maximum absolute atomic E-state index is 15.1. The zero-order valence-corrected chi connectivity index (χ0v) is 28.2. The average Bonchev–Trinajstić information content (AvgIpc) is 2.99. The molecule has 1 saturated carbocycles. The molecule has 264 valence electrons. The van der Waals surface area contributed by atoms with Gasteiger partial charge in [-0.2, -0.15) is 4.99 Å². The van der Waals surface area contributed by atoms with E-state index in [1.54, 1.807) is 12.1 Å². The molecule has 3 fully saturated rings. The molecule has 0 atom stereocenters. The maximum Gasteiger partial charge on any atom is 0.407 e. The fourth-order valence-electron chi connectivity index (χ4n) is 5.92. The maximum atomic E-state index is 15.1. The second-order valence-electron chi connectivity index (χ2n) is 13.9. The number of halogens is 1. The smallest absolute Gasteiger partial charge is 0.407 e. The van der Waals surface area contributed by atoms with Crippen LogP contribution in [0.2, 0.25) is 0 Å². The molecule has 7 amide bonds. The highest BCUT2D eigenvalue weighted by molar-refractivity contribution is 6.10. The van der Waals surface area contributed by atoms with E-state index in [0.29, 0.717) is 17.8 Å². The van der Waals surface area contributed by atoms with Crippen molar-refractivity contribution in [2.45, 2.75) is 96.5 Å². The summed E-state index contributed by atoms with van der Waals surface area (Å²) in [6.07, 6.45) is 1.79. The van der Waals surface area contributed by atoms with Gasteiger partial charge in [0.1, 0.15) is 22.8 Å². The van der Waals surface area contributed by atoms with Crippen LogP contribution in [0.3, 0.4) is 0 Å². The lowest BCUT2D eigenvalue weighted by atomic mass is 9.91. The molecule has 5 N–H and O–H groups in total. The Kier molecular flexibility index (Phi) is 11.5. The molecule has 0 bridgehead atoms. The molecular formula is C32H47FN8O7. The summed E-state index contributed by atoms with van der Waals surface area (Å²) in [5.74, 6) is -0.636. The summed E-state index contributed by atoms with van der Waals surface area (Å²) in [7, 11) is 0. The van der Waals surface area contributed by atoms with Crippen LogP contribution in [0.15, 0.2) is 23.2 Å². The van der Waals surface area contributed by atoms with Crippen molar-refractivity contribution >= 4 is 41.7 Å². The number of ether oxygens (including phenoxy) is 1. The van der Waals surface area contributed by atoms with Gasteiger partial charge in [-0.15, -0.1) is 0 Å². The van der Waals surface area contributed by atoms with E-state index in [2.05, 4.69) is 26.3 Å². The summed E-state index contributed by atoms with van der Waals surface area (Å²) in [5, 5.41) is 20.1. The predicted molar refractivity (Wildman–Crippen MR) is 175 cm³/mol. The fourth-order valence-corrected chi connectivity index (χ4v) is 5.92. The zero-order valence-electron chi connectivity index (χ0n) is 28.2. The number of anilines is 1. The minimum Gasteiger partial charge on any atom is -0.465 e. The summed E-state index contributed by atoms with van der Waals surface area (Å²) >= 11 is 0. The van der Waals surface area contributed by atoms with Crippen LogP contribution < -0.4 is 26.2 Å². The number of benzene rings is 1. The lowest BCUT2D eigenvalue weighted by Crippen LogP contribution is -2.60. The first-order valence-corrected chi connectivity index (χ1v) is 16.3. The molecule has 0 spiro atoms. The van der Waals surface area contributed by atoms with Gasteiger partial charge in [0.05, 0.1) is 0 Å². The Morgan fingerprint density at radius 1 is 0.979 bits per heavy atom. The van der Waals surface area contributed by atoms with Crippen molar-refractivity contribution in [2.75, 3.05) is 37.6 Å². The minimum absolute atomic E-state index is 0.0462. The number of carbonyl (C=O) groups is 5. The van der Waals surface area contributed by atoms with Crippen molar-refractivity contribution < 1.29 is 38.2 Å². The number of carbonyl (C=O) groups excluding carboxylic acids is 4. The van der Waals surface area contributed by atoms with Crippen molar-refractivity contribution in [3.05, 3.63) is 29.6 Å². The minimum atomic E-state index is -1.30. The van der Waals surface area contributed by atoms with Crippen LogP contribution in [0.25, 0.3) is 0 Å². The van der Waals surface area contributed by atoms with E-state index < -0.39 is 47.1 Å². The number of hydrogen-bond donors (Lipinski definition) is 5. The summed E-state index contributed by atoms with van der Waals surface area (Å²) < 4.78 is 20.4. The third-order valence-corrected chi connectivity index (χ3v) is 8.47. The number of nitrogens with zero attached hydrogens (tertiary/aromatic N) is 4. The highest BCUT2D eigenvalue weighted by Crippen LogP contribution is 2.23. The molecule has 0 unspecified atom stereocenters. The molecule has 2 aliphatic heterocycles. The van der Waals surface area contributed by atoms with Gasteiger partial charge in [0.15, 0.2) is 0 Å². The number of hydrogen-bond acceptors (Lipinski definition) is 7. The van der Waals surface area contributed by atoms with E-state index in [-0.39, 0.29) is 57.1 Å². The first-order valence-electron chi connectivity index (χ1n) is 16.3. The van der Waals surface area contributed by atoms with Gasteiger partial charge in [-0.25, -0.2) is 23.6 Å². The fraction of sp³-hybridized carbons (Fsp3) is 0.625. The first kappa shape index (κ1) is 36.4. The highest BCUT2D eigenvalue weighted by Gasteiger charge is 2.36. The van der Waals surface area contributed by atoms with Crippen LogP contribution in [0.5, 0.6) is 0 Å². The highest BCUT2D eigenvalue weighted by atomic mass is 19.1. The molecule has 15 nitrogen and oxygen atoms in total. The summed E-state index contributed by atoms with van der Waals surface area (Å²) in [6, 6.07) is 3.81. The largest absolute Gasteiger partial charge is 0.465 e. The first-order chi connectivity index (χ1) is 22.5. The van der Waals surface area contributed by atoms with Gasteiger partial charge in [0.2, 0.25) is 5.91 Å². The van der Waals surface area contributed by atoms with Crippen LogP contribution in [-0.4, -0.2) is 107 Å². The van der Waals surface area contributed by atoms with Crippen molar-refractivity contribution in [3.8, 4) is 0 Å². The molecule has 1 aromatic rings. The van der Waals surface area contributed by atoms with Gasteiger partial charge in [0.25, 0.3) is 0 Å². The normalized spacial score (nSPS) is 21.4. The number of nitrogens with one attached hydrogen (secondary N) is 4. The topological polar surface area (TPSA) is 185 Å². The van der Waals surface area contributed by atoms with Crippen molar-refractivity contribution in [3.63, 3.8) is 0 Å². The molecule has 0 radical (unpaired) electrons. The van der Waals surface area contributed by atoms with Crippen LogP contribution in [0.1, 0.15) is 72.3 Å². The van der Waals surface area contributed by atoms with Gasteiger partial charge in [0, 0.05) is 69.0 Å². The number of rotatable bonds is 7. The molecule has 3 aliphatic rings. The van der Waals surface area contributed by atoms with Gasteiger partial charge in [-0.1, -0.05) is 6.07 Å². The Labute approximate surface area is 279 Å². The Hall–Kier alpha value is -4.47. The molecule has 1 aromatic carbocycles. The molecule has 4 rings (SSSR count). The number of carboxylic acid groups (broad SMARTS) is 1. The molecular weight excluding hydrogens is 627 g/mol. The number of amides is 7. The third kappa shape index (κ3) is 10.0. The molecule has 1 aliphatic carbocycles. The van der Waals surface area contributed by atoms with Gasteiger partial charge in [-0.05, 0) is 72.4 Å². The van der Waals surface area contributed by atoms with E-state index in [1.165, 1.54) is 34.6 Å². The lowest BCUT2D eigenvalue weighted by Gasteiger charge is -2.38. The van der Waals surface area contributed by atoms with Crippen molar-refractivity contribution in [1.29, 1.82) is 0 Å².